The molecule has 0 spiro atoms. The SMILES string of the molecule is CCCN(C(=O)CCCNC(=O)OC(C)(C)C)C1CCN(C(=O)c2ccccc2)CC1. The van der Waals surface area contributed by atoms with Gasteiger partial charge in [0, 0.05) is 44.2 Å². The lowest BCUT2D eigenvalue weighted by Gasteiger charge is -2.38. The fourth-order valence-electron chi connectivity index (χ4n) is 3.78. The second kappa shape index (κ2) is 11.7. The van der Waals surface area contributed by atoms with E-state index in [9.17, 15) is 14.4 Å². The van der Waals surface area contributed by atoms with Crippen LogP contribution in [0.15, 0.2) is 30.3 Å². The molecule has 0 aliphatic carbocycles. The summed E-state index contributed by atoms with van der Waals surface area (Å²) in [5.41, 5.74) is 0.175. The van der Waals surface area contributed by atoms with Gasteiger partial charge in [0.2, 0.25) is 5.91 Å². The van der Waals surface area contributed by atoms with Crippen LogP contribution in [0.25, 0.3) is 0 Å². The van der Waals surface area contributed by atoms with Gasteiger partial charge in [-0.2, -0.15) is 0 Å². The van der Waals surface area contributed by atoms with Gasteiger partial charge in [0.15, 0.2) is 0 Å². The maximum absolute atomic E-state index is 12.8. The highest BCUT2D eigenvalue weighted by atomic mass is 16.6. The largest absolute Gasteiger partial charge is 0.444 e. The number of piperidine rings is 1. The van der Waals surface area contributed by atoms with Gasteiger partial charge in [-0.3, -0.25) is 9.59 Å². The Kier molecular flexibility index (Phi) is 9.34. The quantitative estimate of drug-likeness (QED) is 0.635. The first kappa shape index (κ1) is 24.7. The monoisotopic (exact) mass is 431 g/mol. The molecule has 0 atom stereocenters. The topological polar surface area (TPSA) is 79.0 Å². The van der Waals surface area contributed by atoms with Crippen molar-refractivity contribution in [2.24, 2.45) is 0 Å². The highest BCUT2D eigenvalue weighted by molar-refractivity contribution is 5.94. The molecule has 1 aromatic rings. The van der Waals surface area contributed by atoms with Gasteiger partial charge in [0.05, 0.1) is 0 Å². The summed E-state index contributed by atoms with van der Waals surface area (Å²) in [6.07, 6.45) is 2.98. The lowest BCUT2D eigenvalue weighted by Crippen LogP contribution is -2.49. The number of alkyl carbamates (subject to hydrolysis) is 1. The summed E-state index contributed by atoms with van der Waals surface area (Å²) in [6, 6.07) is 9.49. The molecule has 3 amide bonds. The number of rotatable bonds is 8. The van der Waals surface area contributed by atoms with Crippen molar-refractivity contribution in [2.75, 3.05) is 26.2 Å². The van der Waals surface area contributed by atoms with E-state index in [0.29, 0.717) is 38.0 Å². The van der Waals surface area contributed by atoms with E-state index < -0.39 is 11.7 Å². The average molecular weight is 432 g/mol. The molecule has 7 nitrogen and oxygen atoms in total. The third kappa shape index (κ3) is 8.23. The predicted molar refractivity (Wildman–Crippen MR) is 121 cm³/mol. The Morgan fingerprint density at radius 1 is 1.13 bits per heavy atom. The minimum absolute atomic E-state index is 0.0561. The van der Waals surface area contributed by atoms with Crippen LogP contribution < -0.4 is 5.32 Å². The molecule has 1 fully saturated rings. The van der Waals surface area contributed by atoms with Crippen LogP contribution in [0, 0.1) is 0 Å². The lowest BCUT2D eigenvalue weighted by atomic mass is 10.0. The van der Waals surface area contributed by atoms with E-state index in [1.807, 2.05) is 60.9 Å². The van der Waals surface area contributed by atoms with E-state index in [1.54, 1.807) is 0 Å². The number of carbonyl (C=O) groups is 3. The number of ether oxygens (including phenoxy) is 1. The molecular formula is C24H37N3O4. The second-order valence-electron chi connectivity index (χ2n) is 9.01. The number of nitrogens with zero attached hydrogens (tertiary/aromatic N) is 2. The summed E-state index contributed by atoms with van der Waals surface area (Å²) in [5.74, 6) is 0.168. The average Bonchev–Trinajstić information content (AvgIpc) is 2.74. The first-order chi connectivity index (χ1) is 14.7. The van der Waals surface area contributed by atoms with Crippen LogP contribution in [0.3, 0.4) is 0 Å². The minimum Gasteiger partial charge on any atom is -0.444 e. The Bertz CT molecular complexity index is 722. The Balaban J connectivity index is 1.79. The van der Waals surface area contributed by atoms with E-state index in [0.717, 1.165) is 25.8 Å². The molecule has 0 bridgehead atoms. The zero-order valence-electron chi connectivity index (χ0n) is 19.4. The lowest BCUT2D eigenvalue weighted by molar-refractivity contribution is -0.134. The number of nitrogens with one attached hydrogen (secondary N) is 1. The Morgan fingerprint density at radius 2 is 1.77 bits per heavy atom. The molecule has 1 aliphatic heterocycles. The molecule has 0 saturated carbocycles. The number of amides is 3. The number of hydrogen-bond donors (Lipinski definition) is 1. The molecule has 1 N–H and O–H groups in total. The summed E-state index contributed by atoms with van der Waals surface area (Å²) in [7, 11) is 0. The summed E-state index contributed by atoms with van der Waals surface area (Å²) in [4.78, 5) is 41.1. The standard InChI is InChI=1S/C24H37N3O4/c1-5-16-27(21(28)12-9-15-25-23(30)31-24(2,3)4)20-13-17-26(18-14-20)22(29)19-10-7-6-8-11-19/h6-8,10-11,20H,5,9,12-18H2,1-4H3,(H,25,30). The van der Waals surface area contributed by atoms with Crippen molar-refractivity contribution in [1.82, 2.24) is 15.1 Å². The van der Waals surface area contributed by atoms with Gasteiger partial charge in [0.25, 0.3) is 5.91 Å². The van der Waals surface area contributed by atoms with Crippen molar-refractivity contribution >= 4 is 17.9 Å². The number of hydrogen-bond acceptors (Lipinski definition) is 4. The van der Waals surface area contributed by atoms with E-state index >= 15 is 0 Å². The predicted octanol–water partition coefficient (Wildman–Crippen LogP) is 3.83. The smallest absolute Gasteiger partial charge is 0.407 e. The molecule has 1 saturated heterocycles. The second-order valence-corrected chi connectivity index (χ2v) is 9.01. The molecule has 1 aliphatic rings. The van der Waals surface area contributed by atoms with Gasteiger partial charge in [-0.05, 0) is 58.6 Å². The first-order valence-corrected chi connectivity index (χ1v) is 11.3. The Labute approximate surface area is 186 Å². The maximum atomic E-state index is 12.8. The van der Waals surface area contributed by atoms with Gasteiger partial charge in [0.1, 0.15) is 5.60 Å². The number of benzene rings is 1. The van der Waals surface area contributed by atoms with Crippen molar-refractivity contribution < 1.29 is 19.1 Å². The Hall–Kier alpha value is -2.57. The van der Waals surface area contributed by atoms with E-state index in [4.69, 9.17) is 4.74 Å². The zero-order valence-corrected chi connectivity index (χ0v) is 19.4. The van der Waals surface area contributed by atoms with Crippen LogP contribution in [0.2, 0.25) is 0 Å². The molecule has 1 heterocycles. The van der Waals surface area contributed by atoms with Gasteiger partial charge < -0.3 is 19.9 Å². The van der Waals surface area contributed by atoms with Crippen molar-refractivity contribution in [3.05, 3.63) is 35.9 Å². The first-order valence-electron chi connectivity index (χ1n) is 11.3. The molecule has 0 unspecified atom stereocenters. The number of carbonyl (C=O) groups excluding carboxylic acids is 3. The summed E-state index contributed by atoms with van der Waals surface area (Å²) < 4.78 is 5.21. The normalized spacial score (nSPS) is 14.8. The summed E-state index contributed by atoms with van der Waals surface area (Å²) in [6.45, 7) is 9.96. The fourth-order valence-corrected chi connectivity index (χ4v) is 3.78. The van der Waals surface area contributed by atoms with Gasteiger partial charge in [-0.15, -0.1) is 0 Å². The van der Waals surface area contributed by atoms with Crippen LogP contribution in [0.5, 0.6) is 0 Å². The highest BCUT2D eigenvalue weighted by Gasteiger charge is 2.29. The Morgan fingerprint density at radius 3 is 2.35 bits per heavy atom. The van der Waals surface area contributed by atoms with Gasteiger partial charge in [-0.1, -0.05) is 25.1 Å². The van der Waals surface area contributed by atoms with Crippen molar-refractivity contribution in [3.63, 3.8) is 0 Å². The van der Waals surface area contributed by atoms with Crippen LogP contribution in [-0.4, -0.2) is 65.5 Å². The third-order valence-corrected chi connectivity index (χ3v) is 5.23. The molecule has 1 aromatic carbocycles. The zero-order chi connectivity index (χ0) is 22.9. The molecular weight excluding hydrogens is 394 g/mol. The van der Waals surface area contributed by atoms with Crippen LogP contribution in [0.4, 0.5) is 4.79 Å². The molecule has 2 rings (SSSR count). The molecule has 0 radical (unpaired) electrons. The molecule has 7 heteroatoms. The van der Waals surface area contributed by atoms with Gasteiger partial charge in [-0.25, -0.2) is 4.79 Å². The molecule has 172 valence electrons. The fraction of sp³-hybridized carbons (Fsp3) is 0.625. The van der Waals surface area contributed by atoms with Crippen molar-refractivity contribution in [1.29, 1.82) is 0 Å². The van der Waals surface area contributed by atoms with E-state index in [-0.39, 0.29) is 17.9 Å². The van der Waals surface area contributed by atoms with Crippen LogP contribution in [0.1, 0.15) is 70.2 Å². The third-order valence-electron chi connectivity index (χ3n) is 5.23. The highest BCUT2D eigenvalue weighted by Crippen LogP contribution is 2.20. The summed E-state index contributed by atoms with van der Waals surface area (Å²) >= 11 is 0. The molecule has 0 aromatic heterocycles. The van der Waals surface area contributed by atoms with E-state index in [1.165, 1.54) is 0 Å². The number of likely N-dealkylation sites (tertiary alicyclic amines) is 1. The van der Waals surface area contributed by atoms with Crippen molar-refractivity contribution in [3.8, 4) is 0 Å². The van der Waals surface area contributed by atoms with E-state index in [2.05, 4.69) is 12.2 Å². The van der Waals surface area contributed by atoms with Gasteiger partial charge >= 0.3 is 6.09 Å². The van der Waals surface area contributed by atoms with Crippen molar-refractivity contribution in [2.45, 2.75) is 71.4 Å². The molecule has 31 heavy (non-hydrogen) atoms. The minimum atomic E-state index is -0.533. The van der Waals surface area contributed by atoms with Crippen LogP contribution in [-0.2, 0) is 9.53 Å². The van der Waals surface area contributed by atoms with Crippen LogP contribution >= 0.6 is 0 Å². The maximum Gasteiger partial charge on any atom is 0.407 e. The summed E-state index contributed by atoms with van der Waals surface area (Å²) in [5, 5.41) is 2.70.